The van der Waals surface area contributed by atoms with E-state index in [-0.39, 0.29) is 11.2 Å². The molecule has 0 spiro atoms. The van der Waals surface area contributed by atoms with Crippen LogP contribution in [0.1, 0.15) is 67.8 Å². The van der Waals surface area contributed by atoms with Crippen LogP contribution in [0.4, 0.5) is 0 Å². The number of amides is 1. The van der Waals surface area contributed by atoms with Gasteiger partial charge in [0.05, 0.1) is 22.5 Å². The molecule has 2 aliphatic heterocycles. The third-order valence-electron chi connectivity index (χ3n) is 6.30. The number of hydrogen-bond acceptors (Lipinski definition) is 4. The van der Waals surface area contributed by atoms with Gasteiger partial charge in [-0.15, -0.1) is 0 Å². The highest BCUT2D eigenvalue weighted by Gasteiger charge is 2.31. The minimum atomic E-state index is -3.19. The van der Waals surface area contributed by atoms with Crippen LogP contribution in [0.3, 0.4) is 0 Å². The molecule has 2 aromatic heterocycles. The topological polar surface area (TPSA) is 75.0 Å². The lowest BCUT2D eigenvalue weighted by Gasteiger charge is -2.32. The molecule has 8 heteroatoms. The first-order chi connectivity index (χ1) is 13.9. The quantitative estimate of drug-likeness (QED) is 0.765. The zero-order valence-corrected chi connectivity index (χ0v) is 18.1. The average molecular weight is 419 g/mol. The van der Waals surface area contributed by atoms with E-state index in [1.807, 2.05) is 17.2 Å². The molecule has 0 atom stereocenters. The molecular formula is C21H30N4O3S. The Hall–Kier alpha value is -1.93. The number of carbonyl (C=O) groups is 1. The van der Waals surface area contributed by atoms with E-state index in [0.717, 1.165) is 49.9 Å². The number of sulfonamides is 1. The molecule has 0 radical (unpaired) electrons. The van der Waals surface area contributed by atoms with E-state index < -0.39 is 10.0 Å². The summed E-state index contributed by atoms with van der Waals surface area (Å²) in [5, 5.41) is 3.98. The van der Waals surface area contributed by atoms with Crippen molar-refractivity contribution in [3.63, 3.8) is 0 Å². The minimum Gasteiger partial charge on any atom is -0.339 e. The van der Waals surface area contributed by atoms with Crippen LogP contribution in [0.5, 0.6) is 0 Å². The van der Waals surface area contributed by atoms with E-state index in [2.05, 4.69) is 11.2 Å². The molecular weight excluding hydrogens is 388 g/mol. The molecule has 0 N–H and O–H groups in total. The predicted molar refractivity (Wildman–Crippen MR) is 113 cm³/mol. The van der Waals surface area contributed by atoms with Gasteiger partial charge < -0.3 is 4.90 Å². The molecule has 0 unspecified atom stereocenters. The summed E-state index contributed by atoms with van der Waals surface area (Å²) in [5.74, 6) is 0.362. The van der Waals surface area contributed by atoms with Crippen molar-refractivity contribution < 1.29 is 13.2 Å². The molecule has 4 rings (SSSR count). The Kier molecular flexibility index (Phi) is 5.66. The van der Waals surface area contributed by atoms with Crippen LogP contribution < -0.4 is 0 Å². The molecule has 7 nitrogen and oxygen atoms in total. The first-order valence-electron chi connectivity index (χ1n) is 10.6. The second-order valence-corrected chi connectivity index (χ2v) is 11.0. The molecule has 29 heavy (non-hydrogen) atoms. The van der Waals surface area contributed by atoms with Crippen LogP contribution in [-0.4, -0.2) is 64.6 Å². The highest BCUT2D eigenvalue weighted by molar-refractivity contribution is 7.89. The van der Waals surface area contributed by atoms with Gasteiger partial charge in [0.25, 0.3) is 5.91 Å². The Labute approximate surface area is 172 Å². The Morgan fingerprint density at radius 1 is 1.10 bits per heavy atom. The van der Waals surface area contributed by atoms with Gasteiger partial charge in [0.1, 0.15) is 0 Å². The SMILES string of the molecule is CC(C)S(=O)(=O)N1CCC(c2ccn3ncc(C(=O)N4CCCCC4)c3c2)CC1. The molecule has 0 bridgehead atoms. The van der Waals surface area contributed by atoms with E-state index >= 15 is 0 Å². The molecule has 2 aliphatic rings. The molecule has 0 saturated carbocycles. The van der Waals surface area contributed by atoms with Crippen molar-refractivity contribution in [3.05, 3.63) is 35.7 Å². The highest BCUT2D eigenvalue weighted by Crippen LogP contribution is 2.31. The lowest BCUT2D eigenvalue weighted by molar-refractivity contribution is 0.0726. The zero-order valence-electron chi connectivity index (χ0n) is 17.2. The van der Waals surface area contributed by atoms with Gasteiger partial charge in [0, 0.05) is 32.4 Å². The van der Waals surface area contributed by atoms with Crippen molar-refractivity contribution >= 4 is 21.4 Å². The van der Waals surface area contributed by atoms with E-state index in [4.69, 9.17) is 0 Å². The Morgan fingerprint density at radius 3 is 2.45 bits per heavy atom. The summed E-state index contributed by atoms with van der Waals surface area (Å²) in [5.41, 5.74) is 2.66. The zero-order chi connectivity index (χ0) is 20.6. The number of pyridine rings is 1. The summed E-state index contributed by atoms with van der Waals surface area (Å²) >= 11 is 0. The fraction of sp³-hybridized carbons (Fsp3) is 0.619. The van der Waals surface area contributed by atoms with E-state index in [1.54, 1.807) is 28.9 Å². The number of nitrogens with zero attached hydrogens (tertiary/aromatic N) is 4. The molecule has 4 heterocycles. The smallest absolute Gasteiger partial charge is 0.257 e. The van der Waals surface area contributed by atoms with Crippen LogP contribution >= 0.6 is 0 Å². The number of carbonyl (C=O) groups excluding carboxylic acids is 1. The molecule has 158 valence electrons. The van der Waals surface area contributed by atoms with Gasteiger partial charge in [-0.2, -0.15) is 5.10 Å². The molecule has 2 fully saturated rings. The van der Waals surface area contributed by atoms with Crippen molar-refractivity contribution in [1.82, 2.24) is 18.8 Å². The first kappa shape index (κ1) is 20.3. The maximum absolute atomic E-state index is 13.0. The summed E-state index contributed by atoms with van der Waals surface area (Å²) in [6.07, 6.45) is 8.50. The third kappa shape index (κ3) is 3.92. The summed E-state index contributed by atoms with van der Waals surface area (Å²) in [7, 11) is -3.19. The molecule has 0 aromatic carbocycles. The lowest BCUT2D eigenvalue weighted by Crippen LogP contribution is -2.41. The van der Waals surface area contributed by atoms with Gasteiger partial charge in [-0.3, -0.25) is 4.79 Å². The lowest BCUT2D eigenvalue weighted by atomic mass is 9.90. The van der Waals surface area contributed by atoms with Gasteiger partial charge in [0.15, 0.2) is 0 Å². The van der Waals surface area contributed by atoms with Crippen LogP contribution in [-0.2, 0) is 10.0 Å². The summed E-state index contributed by atoms with van der Waals surface area (Å²) in [6, 6.07) is 4.12. The van der Waals surface area contributed by atoms with Crippen molar-refractivity contribution in [2.75, 3.05) is 26.2 Å². The summed E-state index contributed by atoms with van der Waals surface area (Å²) < 4.78 is 28.2. The normalized spacial score (nSPS) is 19.9. The number of aromatic nitrogens is 2. The number of likely N-dealkylation sites (tertiary alicyclic amines) is 1. The van der Waals surface area contributed by atoms with Crippen LogP contribution in [0.2, 0.25) is 0 Å². The maximum Gasteiger partial charge on any atom is 0.257 e. The highest BCUT2D eigenvalue weighted by atomic mass is 32.2. The van der Waals surface area contributed by atoms with E-state index in [1.165, 1.54) is 6.42 Å². The first-order valence-corrected chi connectivity index (χ1v) is 12.1. The third-order valence-corrected chi connectivity index (χ3v) is 8.58. The average Bonchev–Trinajstić information content (AvgIpc) is 3.17. The number of piperidine rings is 2. The van der Waals surface area contributed by atoms with Crippen molar-refractivity contribution in [2.24, 2.45) is 0 Å². The van der Waals surface area contributed by atoms with Gasteiger partial charge in [-0.05, 0) is 69.6 Å². The Morgan fingerprint density at radius 2 is 1.79 bits per heavy atom. The Bertz CT molecular complexity index is 985. The largest absolute Gasteiger partial charge is 0.339 e. The second kappa shape index (κ2) is 8.07. The van der Waals surface area contributed by atoms with Gasteiger partial charge in [-0.25, -0.2) is 17.2 Å². The van der Waals surface area contributed by atoms with E-state index in [9.17, 15) is 13.2 Å². The molecule has 1 amide bonds. The maximum atomic E-state index is 13.0. The summed E-state index contributed by atoms with van der Waals surface area (Å²) in [6.45, 7) is 6.20. The van der Waals surface area contributed by atoms with Crippen LogP contribution in [0.25, 0.3) is 5.52 Å². The predicted octanol–water partition coefficient (Wildman–Crippen LogP) is 2.88. The van der Waals surface area contributed by atoms with Gasteiger partial charge >= 0.3 is 0 Å². The van der Waals surface area contributed by atoms with Crippen molar-refractivity contribution in [2.45, 2.75) is 57.1 Å². The molecule has 0 aliphatic carbocycles. The van der Waals surface area contributed by atoms with Crippen LogP contribution in [0, 0.1) is 0 Å². The molecule has 2 aromatic rings. The Balaban J connectivity index is 1.53. The minimum absolute atomic E-state index is 0.0645. The number of rotatable bonds is 4. The molecule has 2 saturated heterocycles. The van der Waals surface area contributed by atoms with Gasteiger partial charge in [-0.1, -0.05) is 0 Å². The van der Waals surface area contributed by atoms with Crippen molar-refractivity contribution in [3.8, 4) is 0 Å². The fourth-order valence-corrected chi connectivity index (χ4v) is 5.74. The monoisotopic (exact) mass is 418 g/mol. The second-order valence-electron chi connectivity index (χ2n) is 8.47. The van der Waals surface area contributed by atoms with E-state index in [0.29, 0.717) is 24.6 Å². The standard InChI is InChI=1S/C21H30N4O3S/c1-16(2)29(27,28)24-11-6-17(7-12-24)18-8-13-25-20(14-18)19(15-22-25)21(26)23-9-4-3-5-10-23/h8,13-17H,3-7,9-12H2,1-2H3. The summed E-state index contributed by atoms with van der Waals surface area (Å²) in [4.78, 5) is 14.9. The number of fused-ring (bicyclic) bond motifs is 1. The van der Waals surface area contributed by atoms with Crippen molar-refractivity contribution in [1.29, 1.82) is 0 Å². The fourth-order valence-electron chi connectivity index (χ4n) is 4.42. The van der Waals surface area contributed by atoms with Crippen LogP contribution in [0.15, 0.2) is 24.5 Å². The van der Waals surface area contributed by atoms with Gasteiger partial charge in [0.2, 0.25) is 10.0 Å². The number of hydrogen-bond donors (Lipinski definition) is 0.